The highest BCUT2D eigenvalue weighted by molar-refractivity contribution is 7.89. The fourth-order valence-electron chi connectivity index (χ4n) is 2.13. The number of aromatic nitrogens is 2. The lowest BCUT2D eigenvalue weighted by Gasteiger charge is -2.07. The zero-order chi connectivity index (χ0) is 14.9. The summed E-state index contributed by atoms with van der Waals surface area (Å²) in [6, 6.07) is 6.77. The molecule has 0 amide bonds. The number of allylic oxidation sites excluding steroid dienone is 1. The standard InChI is InChI=1S/C15H18N2O2S/c1-5-6-15-12(3)16-17(13(15)4)20(18,19)14-9-7-11(2)8-10-14/h5,7-10H,1,6H2,2-4H3. The minimum atomic E-state index is -3.64. The maximum Gasteiger partial charge on any atom is 0.283 e. The summed E-state index contributed by atoms with van der Waals surface area (Å²) in [4.78, 5) is 0.249. The van der Waals surface area contributed by atoms with Gasteiger partial charge in [-0.15, -0.1) is 6.58 Å². The predicted octanol–water partition coefficient (Wildman–Crippen LogP) is 2.77. The van der Waals surface area contributed by atoms with Crippen LogP contribution in [0.3, 0.4) is 0 Å². The third-order valence-electron chi connectivity index (χ3n) is 3.30. The topological polar surface area (TPSA) is 52.0 Å². The van der Waals surface area contributed by atoms with Gasteiger partial charge >= 0.3 is 0 Å². The first-order valence-electron chi connectivity index (χ1n) is 6.36. The molecular formula is C15H18N2O2S. The van der Waals surface area contributed by atoms with Crippen LogP contribution < -0.4 is 0 Å². The molecule has 0 spiro atoms. The monoisotopic (exact) mass is 290 g/mol. The van der Waals surface area contributed by atoms with E-state index in [0.717, 1.165) is 20.9 Å². The first-order valence-corrected chi connectivity index (χ1v) is 7.80. The van der Waals surface area contributed by atoms with E-state index in [-0.39, 0.29) is 4.90 Å². The lowest BCUT2D eigenvalue weighted by atomic mass is 10.1. The number of rotatable bonds is 4. The molecule has 2 rings (SSSR count). The summed E-state index contributed by atoms with van der Waals surface area (Å²) in [6.45, 7) is 9.19. The van der Waals surface area contributed by atoms with Gasteiger partial charge in [-0.3, -0.25) is 0 Å². The Balaban J connectivity index is 2.58. The Morgan fingerprint density at radius 1 is 1.20 bits per heavy atom. The van der Waals surface area contributed by atoms with Crippen molar-refractivity contribution >= 4 is 10.0 Å². The Hall–Kier alpha value is -1.88. The van der Waals surface area contributed by atoms with E-state index in [0.29, 0.717) is 12.1 Å². The summed E-state index contributed by atoms with van der Waals surface area (Å²) in [5.41, 5.74) is 3.29. The highest BCUT2D eigenvalue weighted by atomic mass is 32.2. The maximum atomic E-state index is 12.6. The van der Waals surface area contributed by atoms with Gasteiger partial charge in [0.05, 0.1) is 16.3 Å². The highest BCUT2D eigenvalue weighted by Gasteiger charge is 2.22. The molecule has 0 aliphatic carbocycles. The van der Waals surface area contributed by atoms with Gasteiger partial charge in [-0.1, -0.05) is 23.8 Å². The number of hydrogen-bond donors (Lipinski definition) is 0. The minimum Gasteiger partial charge on any atom is -0.199 e. The third kappa shape index (κ3) is 2.41. The minimum absolute atomic E-state index is 0.249. The molecule has 0 fully saturated rings. The molecule has 0 bridgehead atoms. The van der Waals surface area contributed by atoms with Crippen molar-refractivity contribution in [2.45, 2.75) is 32.1 Å². The van der Waals surface area contributed by atoms with Crippen LogP contribution in [0, 0.1) is 20.8 Å². The van der Waals surface area contributed by atoms with Crippen molar-refractivity contribution in [2.24, 2.45) is 0 Å². The Kier molecular flexibility index (Phi) is 3.81. The number of benzene rings is 1. The van der Waals surface area contributed by atoms with Crippen LogP contribution in [0.25, 0.3) is 0 Å². The van der Waals surface area contributed by atoms with Crippen LogP contribution in [-0.2, 0) is 16.4 Å². The number of hydrogen-bond acceptors (Lipinski definition) is 3. The van der Waals surface area contributed by atoms with E-state index in [1.54, 1.807) is 37.3 Å². The van der Waals surface area contributed by atoms with Gasteiger partial charge in [0.25, 0.3) is 10.0 Å². The van der Waals surface area contributed by atoms with E-state index in [9.17, 15) is 8.42 Å². The van der Waals surface area contributed by atoms with Gasteiger partial charge in [-0.05, 0) is 39.3 Å². The van der Waals surface area contributed by atoms with E-state index in [2.05, 4.69) is 11.7 Å². The summed E-state index contributed by atoms with van der Waals surface area (Å²) in [5, 5.41) is 4.18. The zero-order valence-electron chi connectivity index (χ0n) is 11.9. The normalized spacial score (nSPS) is 11.6. The van der Waals surface area contributed by atoms with Crippen molar-refractivity contribution in [3.05, 3.63) is 59.4 Å². The zero-order valence-corrected chi connectivity index (χ0v) is 12.7. The fraction of sp³-hybridized carbons (Fsp3) is 0.267. The maximum absolute atomic E-state index is 12.6. The van der Waals surface area contributed by atoms with Crippen molar-refractivity contribution in [3.63, 3.8) is 0 Å². The van der Waals surface area contributed by atoms with Crippen molar-refractivity contribution in [1.82, 2.24) is 9.19 Å². The Labute approximate surface area is 119 Å². The van der Waals surface area contributed by atoms with Crippen LogP contribution in [0.5, 0.6) is 0 Å². The van der Waals surface area contributed by atoms with E-state index in [1.165, 1.54) is 0 Å². The summed E-state index contributed by atoms with van der Waals surface area (Å²) in [7, 11) is -3.64. The molecule has 0 atom stereocenters. The van der Waals surface area contributed by atoms with Crippen LogP contribution in [-0.4, -0.2) is 17.6 Å². The Bertz CT molecular complexity index is 741. The van der Waals surface area contributed by atoms with Gasteiger partial charge in [-0.25, -0.2) is 0 Å². The van der Waals surface area contributed by atoms with E-state index >= 15 is 0 Å². The molecule has 0 saturated carbocycles. The van der Waals surface area contributed by atoms with Crippen LogP contribution in [0.1, 0.15) is 22.5 Å². The molecule has 1 heterocycles. The fourth-order valence-corrected chi connectivity index (χ4v) is 3.51. The highest BCUT2D eigenvalue weighted by Crippen LogP contribution is 2.20. The second-order valence-electron chi connectivity index (χ2n) is 4.80. The second-order valence-corrected chi connectivity index (χ2v) is 6.57. The lowest BCUT2D eigenvalue weighted by Crippen LogP contribution is -2.16. The largest absolute Gasteiger partial charge is 0.283 e. The molecule has 5 heteroatoms. The van der Waals surface area contributed by atoms with Crippen molar-refractivity contribution < 1.29 is 8.42 Å². The number of nitrogens with zero attached hydrogens (tertiary/aromatic N) is 2. The van der Waals surface area contributed by atoms with E-state index < -0.39 is 10.0 Å². The summed E-state index contributed by atoms with van der Waals surface area (Å²) >= 11 is 0. The molecule has 106 valence electrons. The van der Waals surface area contributed by atoms with E-state index in [4.69, 9.17) is 0 Å². The molecular weight excluding hydrogens is 272 g/mol. The van der Waals surface area contributed by atoms with Gasteiger partial charge in [0.15, 0.2) is 0 Å². The third-order valence-corrected chi connectivity index (χ3v) is 4.97. The average molecular weight is 290 g/mol. The second kappa shape index (κ2) is 5.25. The SMILES string of the molecule is C=CCc1c(C)nn(S(=O)(=O)c2ccc(C)cc2)c1C. The van der Waals surface area contributed by atoms with Crippen LogP contribution in [0.15, 0.2) is 41.8 Å². The molecule has 20 heavy (non-hydrogen) atoms. The summed E-state index contributed by atoms with van der Waals surface area (Å²) < 4.78 is 26.3. The molecule has 0 N–H and O–H groups in total. The lowest BCUT2D eigenvalue weighted by molar-refractivity contribution is 0.577. The number of aryl methyl sites for hydroxylation is 2. The van der Waals surface area contributed by atoms with Gasteiger partial charge in [0.2, 0.25) is 0 Å². The molecule has 1 aromatic heterocycles. The first kappa shape index (κ1) is 14.5. The van der Waals surface area contributed by atoms with Crippen LogP contribution in [0.2, 0.25) is 0 Å². The molecule has 0 saturated heterocycles. The van der Waals surface area contributed by atoms with Crippen molar-refractivity contribution in [3.8, 4) is 0 Å². The molecule has 0 aliphatic rings. The van der Waals surface area contributed by atoms with Crippen molar-refractivity contribution in [2.75, 3.05) is 0 Å². The Morgan fingerprint density at radius 2 is 1.80 bits per heavy atom. The van der Waals surface area contributed by atoms with Crippen molar-refractivity contribution in [1.29, 1.82) is 0 Å². The molecule has 1 aromatic carbocycles. The molecule has 4 nitrogen and oxygen atoms in total. The first-order chi connectivity index (χ1) is 9.37. The Morgan fingerprint density at radius 3 is 2.35 bits per heavy atom. The van der Waals surface area contributed by atoms with Crippen LogP contribution in [0.4, 0.5) is 0 Å². The van der Waals surface area contributed by atoms with Gasteiger partial charge < -0.3 is 0 Å². The molecule has 2 aromatic rings. The summed E-state index contributed by atoms with van der Waals surface area (Å²) in [5.74, 6) is 0. The van der Waals surface area contributed by atoms with Gasteiger partial charge in [0, 0.05) is 5.56 Å². The molecule has 0 radical (unpaired) electrons. The quantitative estimate of drug-likeness (QED) is 0.814. The smallest absolute Gasteiger partial charge is 0.199 e. The van der Waals surface area contributed by atoms with E-state index in [1.807, 2.05) is 13.8 Å². The van der Waals surface area contributed by atoms with Crippen LogP contribution >= 0.6 is 0 Å². The molecule has 0 unspecified atom stereocenters. The van der Waals surface area contributed by atoms with Gasteiger partial charge in [0.1, 0.15) is 0 Å². The predicted molar refractivity (Wildman–Crippen MR) is 79.4 cm³/mol. The average Bonchev–Trinajstić information content (AvgIpc) is 2.68. The molecule has 0 aliphatic heterocycles. The summed E-state index contributed by atoms with van der Waals surface area (Å²) in [6.07, 6.45) is 2.36. The van der Waals surface area contributed by atoms with Gasteiger partial charge in [-0.2, -0.15) is 17.6 Å².